The molecule has 4 rings (SSSR count). The highest BCUT2D eigenvalue weighted by molar-refractivity contribution is 5.92. The van der Waals surface area contributed by atoms with E-state index in [4.69, 9.17) is 4.74 Å². The fourth-order valence-electron chi connectivity index (χ4n) is 3.73. The molecule has 0 radical (unpaired) electrons. The summed E-state index contributed by atoms with van der Waals surface area (Å²) in [4.78, 5) is 16.1. The van der Waals surface area contributed by atoms with E-state index in [2.05, 4.69) is 15.0 Å². The first-order valence-electron chi connectivity index (χ1n) is 9.70. The molecule has 0 aliphatic carbocycles. The standard InChI is InChI=1S/C21H20F3N3O4/c22-21(23,24)31-16-7-2-1-5-14(16)17-15-6-3-4-10-27(15)18(25-17)19(29)26-20(13-28)8-11-30-12-9-20/h1-7,10,28H,8-9,11-13H2,(H,26,29)/p+1. The van der Waals surface area contributed by atoms with Crippen LogP contribution in [0.5, 0.6) is 5.75 Å². The third-order valence-corrected chi connectivity index (χ3v) is 5.33. The van der Waals surface area contributed by atoms with Crippen molar-refractivity contribution in [3.63, 3.8) is 0 Å². The van der Waals surface area contributed by atoms with E-state index >= 15 is 0 Å². The fraction of sp³-hybridized carbons (Fsp3) is 0.333. The van der Waals surface area contributed by atoms with E-state index in [9.17, 15) is 23.1 Å². The lowest BCUT2D eigenvalue weighted by Crippen LogP contribution is -2.55. The van der Waals surface area contributed by atoms with Crippen molar-refractivity contribution in [2.24, 2.45) is 0 Å². The summed E-state index contributed by atoms with van der Waals surface area (Å²) in [7, 11) is 0. The third-order valence-electron chi connectivity index (χ3n) is 5.33. The van der Waals surface area contributed by atoms with Crippen LogP contribution in [0, 0.1) is 0 Å². The Kier molecular flexibility index (Phi) is 5.59. The van der Waals surface area contributed by atoms with Gasteiger partial charge in [0.1, 0.15) is 5.75 Å². The molecule has 0 saturated carbocycles. The normalized spacial score (nSPS) is 16.3. The predicted octanol–water partition coefficient (Wildman–Crippen LogP) is 2.59. The molecule has 0 spiro atoms. The number of H-pyrrole nitrogens is 1. The molecule has 1 aliphatic heterocycles. The summed E-state index contributed by atoms with van der Waals surface area (Å²) >= 11 is 0. The highest BCUT2D eigenvalue weighted by Crippen LogP contribution is 2.34. The molecule has 1 aliphatic rings. The second-order valence-corrected chi connectivity index (χ2v) is 7.35. The van der Waals surface area contributed by atoms with Gasteiger partial charge in [0.15, 0.2) is 11.2 Å². The third kappa shape index (κ3) is 4.35. The maximum Gasteiger partial charge on any atom is 0.573 e. The van der Waals surface area contributed by atoms with Crippen LogP contribution < -0.4 is 14.5 Å². The zero-order chi connectivity index (χ0) is 22.1. The van der Waals surface area contributed by atoms with Crippen LogP contribution in [0.3, 0.4) is 0 Å². The van der Waals surface area contributed by atoms with E-state index in [-0.39, 0.29) is 23.7 Å². The molecule has 0 atom stereocenters. The fourth-order valence-corrected chi connectivity index (χ4v) is 3.73. The summed E-state index contributed by atoms with van der Waals surface area (Å²) in [5, 5.41) is 12.7. The molecule has 1 saturated heterocycles. The second kappa shape index (κ2) is 8.20. The van der Waals surface area contributed by atoms with Crippen LogP contribution in [-0.4, -0.2) is 47.7 Å². The molecule has 3 N–H and O–H groups in total. The number of hydrogen-bond donors (Lipinski definition) is 3. The minimum atomic E-state index is -4.86. The molecule has 10 heteroatoms. The molecule has 31 heavy (non-hydrogen) atoms. The van der Waals surface area contributed by atoms with Crippen molar-refractivity contribution in [3.8, 4) is 17.0 Å². The number of imidazole rings is 1. The number of aliphatic hydroxyl groups is 1. The topological polar surface area (TPSA) is 87.7 Å². The zero-order valence-electron chi connectivity index (χ0n) is 16.4. The van der Waals surface area contributed by atoms with Crippen molar-refractivity contribution < 1.29 is 36.9 Å². The Morgan fingerprint density at radius 2 is 1.90 bits per heavy atom. The summed E-state index contributed by atoms with van der Waals surface area (Å²) < 4.78 is 49.7. The van der Waals surface area contributed by atoms with E-state index in [0.717, 1.165) is 0 Å². The number of aromatic amines is 1. The average Bonchev–Trinajstić information content (AvgIpc) is 3.13. The molecule has 2 aromatic heterocycles. The number of carbonyl (C=O) groups excluding carboxylic acids is 1. The van der Waals surface area contributed by atoms with Gasteiger partial charge in [-0.2, -0.15) is 4.40 Å². The first kappa shape index (κ1) is 21.1. The highest BCUT2D eigenvalue weighted by atomic mass is 19.4. The van der Waals surface area contributed by atoms with Gasteiger partial charge in [-0.25, -0.2) is 4.98 Å². The smallest absolute Gasteiger partial charge is 0.405 e. The van der Waals surface area contributed by atoms with Crippen molar-refractivity contribution in [2.45, 2.75) is 24.7 Å². The minimum Gasteiger partial charge on any atom is -0.405 e. The number of hydrogen-bond acceptors (Lipinski definition) is 4. The van der Waals surface area contributed by atoms with Gasteiger partial charge >= 0.3 is 18.1 Å². The quantitative estimate of drug-likeness (QED) is 0.537. The maximum atomic E-state index is 13.1. The molecule has 0 unspecified atom stereocenters. The number of para-hydroxylation sites is 1. The number of alkyl halides is 3. The number of halogens is 3. The maximum absolute atomic E-state index is 13.1. The van der Waals surface area contributed by atoms with Gasteiger partial charge in [-0.1, -0.05) is 18.2 Å². The first-order valence-corrected chi connectivity index (χ1v) is 9.70. The van der Waals surface area contributed by atoms with Crippen molar-refractivity contribution in [2.75, 3.05) is 19.8 Å². The lowest BCUT2D eigenvalue weighted by Gasteiger charge is -2.35. The monoisotopic (exact) mass is 436 g/mol. The Hall–Kier alpha value is -3.11. The summed E-state index contributed by atoms with van der Waals surface area (Å²) in [6, 6.07) is 10.8. The number of aliphatic hydroxyl groups excluding tert-OH is 1. The van der Waals surface area contributed by atoms with Gasteiger partial charge in [-0.15, -0.1) is 13.2 Å². The number of pyridine rings is 1. The zero-order valence-corrected chi connectivity index (χ0v) is 16.4. The van der Waals surface area contributed by atoms with Gasteiger partial charge in [0, 0.05) is 13.2 Å². The second-order valence-electron chi connectivity index (χ2n) is 7.35. The SMILES string of the molecule is O=C(NC1(CO)CCOCC1)c1[nH]c(-c2ccccc2OC(F)(F)F)c2cccc[n+]12. The molecule has 1 aromatic carbocycles. The van der Waals surface area contributed by atoms with E-state index < -0.39 is 17.8 Å². The van der Waals surface area contributed by atoms with E-state index in [1.807, 2.05) is 0 Å². The number of nitrogens with one attached hydrogen (secondary N) is 2. The summed E-state index contributed by atoms with van der Waals surface area (Å²) in [6.45, 7) is 0.570. The van der Waals surface area contributed by atoms with Gasteiger partial charge in [0.2, 0.25) is 0 Å². The molecule has 1 amide bonds. The van der Waals surface area contributed by atoms with Crippen molar-refractivity contribution in [3.05, 3.63) is 54.5 Å². The lowest BCUT2D eigenvalue weighted by atomic mass is 9.91. The van der Waals surface area contributed by atoms with Gasteiger partial charge in [0.25, 0.3) is 0 Å². The van der Waals surface area contributed by atoms with Crippen molar-refractivity contribution in [1.29, 1.82) is 0 Å². The molecule has 3 heterocycles. The number of carbonyl (C=O) groups is 1. The van der Waals surface area contributed by atoms with E-state index in [1.54, 1.807) is 34.9 Å². The Labute approximate surface area is 175 Å². The largest absolute Gasteiger partial charge is 0.573 e. The molecular formula is C21H21F3N3O4+. The van der Waals surface area contributed by atoms with Gasteiger partial charge in [-0.3, -0.25) is 4.79 Å². The van der Waals surface area contributed by atoms with Crippen LogP contribution in [0.4, 0.5) is 13.2 Å². The number of ether oxygens (including phenoxy) is 2. The van der Waals surface area contributed by atoms with Gasteiger partial charge in [0.05, 0.1) is 23.9 Å². The van der Waals surface area contributed by atoms with Gasteiger partial charge in [-0.05, 0) is 37.1 Å². The molecule has 7 nitrogen and oxygen atoms in total. The molecule has 164 valence electrons. The summed E-state index contributed by atoms with van der Waals surface area (Å²) in [6.07, 6.45) is -2.32. The highest BCUT2D eigenvalue weighted by Gasteiger charge is 2.38. The van der Waals surface area contributed by atoms with Crippen LogP contribution in [0.25, 0.3) is 16.8 Å². The number of benzene rings is 1. The predicted molar refractivity (Wildman–Crippen MR) is 103 cm³/mol. The van der Waals surface area contributed by atoms with Crippen LogP contribution >= 0.6 is 0 Å². The minimum absolute atomic E-state index is 0.117. The molecule has 0 bridgehead atoms. The number of rotatable bonds is 5. The van der Waals surface area contributed by atoms with E-state index in [1.165, 1.54) is 18.2 Å². The average molecular weight is 436 g/mol. The van der Waals surface area contributed by atoms with Crippen molar-refractivity contribution in [1.82, 2.24) is 10.3 Å². The van der Waals surface area contributed by atoms with Crippen molar-refractivity contribution >= 4 is 11.4 Å². The number of nitrogens with zero attached hydrogens (tertiary/aromatic N) is 1. The van der Waals surface area contributed by atoms with Crippen LogP contribution in [0.2, 0.25) is 0 Å². The number of aromatic nitrogens is 2. The Balaban J connectivity index is 1.77. The Bertz CT molecular complexity index is 1090. The molecule has 1 fully saturated rings. The number of amides is 1. The Morgan fingerprint density at radius 3 is 2.61 bits per heavy atom. The lowest BCUT2D eigenvalue weighted by molar-refractivity contribution is -0.514. The van der Waals surface area contributed by atoms with E-state index in [0.29, 0.717) is 37.3 Å². The van der Waals surface area contributed by atoms with Crippen LogP contribution in [-0.2, 0) is 4.74 Å². The number of fused-ring (bicyclic) bond motifs is 1. The summed E-state index contributed by atoms with van der Waals surface area (Å²) in [5.41, 5.74) is 0.136. The van der Waals surface area contributed by atoms with Crippen LogP contribution in [0.15, 0.2) is 48.7 Å². The van der Waals surface area contributed by atoms with Gasteiger partial charge < -0.3 is 19.9 Å². The first-order chi connectivity index (χ1) is 14.8. The molecule has 3 aromatic rings. The Morgan fingerprint density at radius 1 is 1.19 bits per heavy atom. The summed E-state index contributed by atoms with van der Waals surface area (Å²) in [5.74, 6) is -0.754. The molecular weight excluding hydrogens is 415 g/mol. The van der Waals surface area contributed by atoms with Crippen LogP contribution in [0.1, 0.15) is 23.5 Å².